The lowest BCUT2D eigenvalue weighted by Crippen LogP contribution is -2.44. The summed E-state index contributed by atoms with van der Waals surface area (Å²) < 4.78 is 10.6. The van der Waals surface area contributed by atoms with Gasteiger partial charge in [0.2, 0.25) is 0 Å². The van der Waals surface area contributed by atoms with E-state index in [0.717, 1.165) is 43.5 Å². The Labute approximate surface area is 146 Å². The van der Waals surface area contributed by atoms with E-state index < -0.39 is 0 Å². The number of hydrogen-bond donors (Lipinski definition) is 3. The summed E-state index contributed by atoms with van der Waals surface area (Å²) in [5, 5.41) is 10.1. The molecule has 0 heterocycles. The fourth-order valence-electron chi connectivity index (χ4n) is 2.20. The highest BCUT2D eigenvalue weighted by molar-refractivity contribution is 5.79. The fourth-order valence-corrected chi connectivity index (χ4v) is 2.20. The molecule has 3 N–H and O–H groups in total. The van der Waals surface area contributed by atoms with Crippen molar-refractivity contribution in [3.63, 3.8) is 0 Å². The Bertz CT molecular complexity index is 524. The van der Waals surface area contributed by atoms with E-state index in [-0.39, 0.29) is 5.54 Å². The van der Waals surface area contributed by atoms with E-state index in [0.29, 0.717) is 0 Å². The minimum absolute atomic E-state index is 0.131. The second-order valence-corrected chi connectivity index (χ2v) is 6.54. The molecule has 1 aromatic carbocycles. The van der Waals surface area contributed by atoms with Crippen LogP contribution in [-0.4, -0.2) is 52.4 Å². The Morgan fingerprint density at radius 1 is 1.00 bits per heavy atom. The largest absolute Gasteiger partial charge is 0.493 e. The van der Waals surface area contributed by atoms with E-state index in [1.807, 2.05) is 18.2 Å². The number of methoxy groups -OCH3 is 2. The minimum Gasteiger partial charge on any atom is -0.493 e. The van der Waals surface area contributed by atoms with Crippen LogP contribution in [0.3, 0.4) is 0 Å². The van der Waals surface area contributed by atoms with Crippen LogP contribution in [0.1, 0.15) is 26.3 Å². The van der Waals surface area contributed by atoms with E-state index in [2.05, 4.69) is 41.7 Å². The van der Waals surface area contributed by atoms with E-state index in [9.17, 15) is 0 Å². The monoisotopic (exact) mass is 336 g/mol. The molecule has 0 amide bonds. The van der Waals surface area contributed by atoms with E-state index in [1.54, 1.807) is 21.3 Å². The number of rotatable bonds is 8. The summed E-state index contributed by atoms with van der Waals surface area (Å²) in [6.07, 6.45) is 0.876. The van der Waals surface area contributed by atoms with Gasteiger partial charge in [-0.25, -0.2) is 0 Å². The van der Waals surface area contributed by atoms with Gasteiger partial charge in [0.15, 0.2) is 17.5 Å². The third-order valence-corrected chi connectivity index (χ3v) is 3.45. The van der Waals surface area contributed by atoms with Gasteiger partial charge in [-0.1, -0.05) is 6.07 Å². The van der Waals surface area contributed by atoms with Crippen LogP contribution in [0.5, 0.6) is 11.5 Å². The lowest BCUT2D eigenvalue weighted by Gasteiger charge is -2.21. The lowest BCUT2D eigenvalue weighted by atomic mass is 10.1. The molecule has 0 atom stereocenters. The Morgan fingerprint density at radius 2 is 1.67 bits per heavy atom. The van der Waals surface area contributed by atoms with Crippen LogP contribution in [0.2, 0.25) is 0 Å². The highest BCUT2D eigenvalue weighted by Crippen LogP contribution is 2.27. The van der Waals surface area contributed by atoms with Gasteiger partial charge in [-0.2, -0.15) is 0 Å². The van der Waals surface area contributed by atoms with Crippen molar-refractivity contribution < 1.29 is 9.47 Å². The van der Waals surface area contributed by atoms with Gasteiger partial charge in [0.05, 0.1) is 14.2 Å². The number of ether oxygens (including phenoxy) is 2. The van der Waals surface area contributed by atoms with Crippen molar-refractivity contribution in [3.8, 4) is 11.5 Å². The lowest BCUT2D eigenvalue weighted by molar-refractivity contribution is 0.354. The summed E-state index contributed by atoms with van der Waals surface area (Å²) in [5.41, 5.74) is 1.32. The van der Waals surface area contributed by atoms with Crippen molar-refractivity contribution in [1.82, 2.24) is 16.0 Å². The predicted octanol–water partition coefficient (Wildman–Crippen LogP) is 1.80. The summed E-state index contributed by atoms with van der Waals surface area (Å²) in [4.78, 5) is 4.24. The fraction of sp³-hybridized carbons (Fsp3) is 0.611. The molecule has 0 aliphatic heterocycles. The van der Waals surface area contributed by atoms with Crippen molar-refractivity contribution >= 4 is 5.96 Å². The molecule has 0 spiro atoms. The van der Waals surface area contributed by atoms with Gasteiger partial charge in [-0.15, -0.1) is 0 Å². The molecule has 136 valence electrons. The van der Waals surface area contributed by atoms with Gasteiger partial charge < -0.3 is 25.4 Å². The molecule has 0 aromatic heterocycles. The number of hydrogen-bond acceptors (Lipinski definition) is 4. The van der Waals surface area contributed by atoms with E-state index >= 15 is 0 Å². The number of nitrogens with one attached hydrogen (secondary N) is 3. The average Bonchev–Trinajstić information content (AvgIpc) is 2.55. The third kappa shape index (κ3) is 7.55. The summed E-state index contributed by atoms with van der Waals surface area (Å²) in [5.74, 6) is 2.31. The number of aliphatic imine (C=N–C) groups is 1. The van der Waals surface area contributed by atoms with Gasteiger partial charge in [0.1, 0.15) is 0 Å². The molecule has 0 saturated carbocycles. The van der Waals surface area contributed by atoms with Gasteiger partial charge in [-0.3, -0.25) is 4.99 Å². The van der Waals surface area contributed by atoms with Crippen molar-refractivity contribution in [2.75, 3.05) is 40.9 Å². The van der Waals surface area contributed by atoms with Crippen LogP contribution in [-0.2, 0) is 6.42 Å². The first-order chi connectivity index (χ1) is 11.4. The zero-order valence-corrected chi connectivity index (χ0v) is 15.8. The highest BCUT2D eigenvalue weighted by Gasteiger charge is 2.08. The van der Waals surface area contributed by atoms with Gasteiger partial charge in [0.25, 0.3) is 0 Å². The Balaban J connectivity index is 2.37. The molecule has 6 nitrogen and oxygen atoms in total. The molecule has 6 heteroatoms. The van der Waals surface area contributed by atoms with Crippen molar-refractivity contribution in [3.05, 3.63) is 23.8 Å². The van der Waals surface area contributed by atoms with Gasteiger partial charge in [-0.05, 0) is 44.9 Å². The van der Waals surface area contributed by atoms with E-state index in [1.165, 1.54) is 5.56 Å². The van der Waals surface area contributed by atoms with Crippen LogP contribution in [0.15, 0.2) is 23.2 Å². The topological polar surface area (TPSA) is 66.9 Å². The maximum absolute atomic E-state index is 5.33. The summed E-state index contributed by atoms with van der Waals surface area (Å²) in [7, 11) is 5.07. The quantitative estimate of drug-likeness (QED) is 0.384. The number of guanidine groups is 1. The maximum Gasteiger partial charge on any atom is 0.191 e. The van der Waals surface area contributed by atoms with Crippen LogP contribution in [0.4, 0.5) is 0 Å². The van der Waals surface area contributed by atoms with E-state index in [4.69, 9.17) is 9.47 Å². The number of benzene rings is 1. The Morgan fingerprint density at radius 3 is 2.25 bits per heavy atom. The van der Waals surface area contributed by atoms with Crippen molar-refractivity contribution in [2.45, 2.75) is 32.7 Å². The van der Waals surface area contributed by atoms with Crippen LogP contribution >= 0.6 is 0 Å². The molecule has 0 aliphatic rings. The molecule has 0 bridgehead atoms. The van der Waals surface area contributed by atoms with Crippen molar-refractivity contribution in [2.24, 2.45) is 4.99 Å². The van der Waals surface area contributed by atoms with Crippen molar-refractivity contribution in [1.29, 1.82) is 0 Å². The number of nitrogens with zero attached hydrogens (tertiary/aromatic N) is 1. The second kappa shape index (κ2) is 10.0. The Kier molecular flexibility index (Phi) is 8.40. The molecular formula is C18H32N4O2. The first-order valence-electron chi connectivity index (χ1n) is 8.30. The summed E-state index contributed by atoms with van der Waals surface area (Å²) >= 11 is 0. The van der Waals surface area contributed by atoms with Crippen LogP contribution in [0.25, 0.3) is 0 Å². The average molecular weight is 336 g/mol. The first-order valence-corrected chi connectivity index (χ1v) is 8.30. The Hall–Kier alpha value is -1.95. The zero-order chi connectivity index (χ0) is 18.0. The molecule has 0 saturated heterocycles. The molecule has 24 heavy (non-hydrogen) atoms. The minimum atomic E-state index is 0.131. The maximum atomic E-state index is 5.33. The standard InChI is InChI=1S/C18H32N4O2/c1-18(2,3)22-12-11-21-17(19-4)20-10-9-14-7-8-15(23-5)16(13-14)24-6/h7-8,13,22H,9-12H2,1-6H3,(H2,19,20,21). The predicted molar refractivity (Wildman–Crippen MR) is 100 cm³/mol. The molecule has 0 radical (unpaired) electrons. The second-order valence-electron chi connectivity index (χ2n) is 6.54. The zero-order valence-electron chi connectivity index (χ0n) is 15.8. The molecular weight excluding hydrogens is 304 g/mol. The summed E-state index contributed by atoms with van der Waals surface area (Å²) in [6, 6.07) is 5.98. The molecule has 0 fully saturated rings. The highest BCUT2D eigenvalue weighted by atomic mass is 16.5. The van der Waals surface area contributed by atoms with Gasteiger partial charge in [0, 0.05) is 32.2 Å². The van der Waals surface area contributed by atoms with Crippen LogP contribution < -0.4 is 25.4 Å². The SMILES string of the molecule is CN=C(NCCNC(C)(C)C)NCCc1ccc(OC)c(OC)c1. The molecule has 1 aromatic rings. The third-order valence-electron chi connectivity index (χ3n) is 3.45. The van der Waals surface area contributed by atoms with Gasteiger partial charge >= 0.3 is 0 Å². The molecule has 1 rings (SSSR count). The van der Waals surface area contributed by atoms with Crippen LogP contribution in [0, 0.1) is 0 Å². The smallest absolute Gasteiger partial charge is 0.191 e. The normalized spacial score (nSPS) is 12.0. The summed E-state index contributed by atoms with van der Waals surface area (Å²) in [6.45, 7) is 8.98. The molecule has 0 unspecified atom stereocenters. The molecule has 0 aliphatic carbocycles. The first kappa shape index (κ1) is 20.1.